The Balaban J connectivity index is 0.000000491. The fourth-order valence-electron chi connectivity index (χ4n) is 1.72. The van der Waals surface area contributed by atoms with Crippen molar-refractivity contribution < 1.29 is 33.7 Å². The van der Waals surface area contributed by atoms with E-state index in [1.165, 1.54) is 0 Å². The van der Waals surface area contributed by atoms with Gasteiger partial charge in [-0.05, 0) is 0 Å². The minimum Gasteiger partial charge on any atom is -0.394 e. The van der Waals surface area contributed by atoms with E-state index in [1.807, 2.05) is 0 Å². The van der Waals surface area contributed by atoms with Crippen LogP contribution < -0.4 is 11.2 Å². The number of hydrogen-bond donors (Lipinski definition) is 5. The molecule has 0 aliphatic carbocycles. The highest BCUT2D eigenvalue weighted by molar-refractivity contribution is 7.30. The average Bonchev–Trinajstić information content (AvgIpc) is 2.74. The monoisotopic (exact) mass is 328 g/mol. The maximum Gasteiger partial charge on any atom is 0.330 e. The molecule has 1 aromatic rings. The fourth-order valence-corrected chi connectivity index (χ4v) is 1.72. The summed E-state index contributed by atoms with van der Waals surface area (Å²) in [5, 5.41) is 18.3. The highest BCUT2D eigenvalue weighted by Gasteiger charge is 2.35. The standard InChI is InChI=1S/C9H11FN2O5.H3O3P/c10-4-2-12(9(16)11-8(4)15)7-1-5(14)6(3-13)17-7;1-4(2)3/h2,5-7,13-14H,1,3H2,(H,11,15,16);4H,(H2,1,2,3)/t5-,6+,7+;/m0./s1. The number of aromatic amines is 1. The van der Waals surface area contributed by atoms with E-state index in [9.17, 15) is 19.1 Å². The van der Waals surface area contributed by atoms with Crippen molar-refractivity contribution in [1.29, 1.82) is 0 Å². The number of aromatic nitrogens is 2. The van der Waals surface area contributed by atoms with Crippen LogP contribution in [0, 0.1) is 5.82 Å². The lowest BCUT2D eigenvalue weighted by molar-refractivity contribution is -0.0462. The Morgan fingerprint density at radius 2 is 2.05 bits per heavy atom. The molecule has 1 aromatic heterocycles. The van der Waals surface area contributed by atoms with Gasteiger partial charge >= 0.3 is 13.9 Å². The number of aliphatic hydroxyl groups is 2. The molecule has 3 atom stereocenters. The summed E-state index contributed by atoms with van der Waals surface area (Å²) in [6.45, 7) is -0.405. The molecule has 1 saturated heterocycles. The number of nitrogens with one attached hydrogen (secondary N) is 1. The van der Waals surface area contributed by atoms with Gasteiger partial charge in [0.1, 0.15) is 12.3 Å². The Labute approximate surface area is 117 Å². The second-order valence-electron chi connectivity index (χ2n) is 4.04. The molecule has 0 spiro atoms. The summed E-state index contributed by atoms with van der Waals surface area (Å²) in [5.41, 5.74) is -1.93. The molecule has 120 valence electrons. The van der Waals surface area contributed by atoms with Crippen LogP contribution in [0.4, 0.5) is 4.39 Å². The van der Waals surface area contributed by atoms with Crippen LogP contribution in [0.1, 0.15) is 12.6 Å². The van der Waals surface area contributed by atoms with Crippen LogP contribution in [0.15, 0.2) is 15.8 Å². The Morgan fingerprint density at radius 1 is 1.48 bits per heavy atom. The van der Waals surface area contributed by atoms with Crippen LogP contribution in [0.25, 0.3) is 0 Å². The van der Waals surface area contributed by atoms with Crippen molar-refractivity contribution in [3.05, 3.63) is 32.9 Å². The molecule has 21 heavy (non-hydrogen) atoms. The van der Waals surface area contributed by atoms with Gasteiger partial charge < -0.3 is 24.7 Å². The van der Waals surface area contributed by atoms with Gasteiger partial charge in [0.05, 0.1) is 18.9 Å². The summed E-state index contributed by atoms with van der Waals surface area (Å²) in [5.74, 6) is -1.12. The molecule has 2 heterocycles. The zero-order valence-corrected chi connectivity index (χ0v) is 11.5. The third-order valence-corrected chi connectivity index (χ3v) is 2.62. The Kier molecular flexibility index (Phi) is 6.40. The van der Waals surface area contributed by atoms with Crippen LogP contribution in [0.2, 0.25) is 0 Å². The number of halogens is 1. The SMILES string of the molecule is O=[PH](O)O.O=c1[nH]c(=O)n([C@H]2C[C@H](O)[C@@H](CO)O2)cc1F. The Bertz CT molecular complexity index is 613. The number of hydrogen-bond acceptors (Lipinski definition) is 6. The van der Waals surface area contributed by atoms with Crippen LogP contribution in [0.3, 0.4) is 0 Å². The molecular formula is C9H14FN2O8P. The molecule has 0 aromatic carbocycles. The quantitative estimate of drug-likeness (QED) is 0.378. The maximum absolute atomic E-state index is 13.0. The average molecular weight is 328 g/mol. The summed E-state index contributed by atoms with van der Waals surface area (Å²) >= 11 is 0. The van der Waals surface area contributed by atoms with Gasteiger partial charge in [0.25, 0.3) is 5.56 Å². The third-order valence-electron chi connectivity index (χ3n) is 2.62. The van der Waals surface area contributed by atoms with Crippen molar-refractivity contribution in [1.82, 2.24) is 9.55 Å². The maximum atomic E-state index is 13.0. The molecule has 0 saturated carbocycles. The highest BCUT2D eigenvalue weighted by atomic mass is 31.1. The molecule has 1 aliphatic heterocycles. The van der Waals surface area contributed by atoms with Crippen molar-refractivity contribution in [2.75, 3.05) is 6.61 Å². The zero-order chi connectivity index (χ0) is 16.2. The van der Waals surface area contributed by atoms with E-state index >= 15 is 0 Å². The van der Waals surface area contributed by atoms with E-state index in [0.717, 1.165) is 10.8 Å². The van der Waals surface area contributed by atoms with Gasteiger partial charge in [0, 0.05) is 6.42 Å². The summed E-state index contributed by atoms with van der Waals surface area (Å²) in [7, 11) is -3.13. The molecule has 1 fully saturated rings. The summed E-state index contributed by atoms with van der Waals surface area (Å²) in [6, 6.07) is 0. The van der Waals surface area contributed by atoms with Crippen LogP contribution in [0.5, 0.6) is 0 Å². The molecule has 0 amide bonds. The lowest BCUT2D eigenvalue weighted by Crippen LogP contribution is -2.34. The van der Waals surface area contributed by atoms with Gasteiger partial charge in [-0.2, -0.15) is 4.39 Å². The first-order valence-corrected chi connectivity index (χ1v) is 6.93. The number of ether oxygens (including phenoxy) is 1. The highest BCUT2D eigenvalue weighted by Crippen LogP contribution is 2.27. The number of nitrogens with zero attached hydrogens (tertiary/aromatic N) is 1. The Hall–Kier alpha value is -1.36. The normalized spacial score (nSPS) is 24.8. The van der Waals surface area contributed by atoms with Gasteiger partial charge in [0.2, 0.25) is 5.82 Å². The smallest absolute Gasteiger partial charge is 0.330 e. The molecule has 5 N–H and O–H groups in total. The van der Waals surface area contributed by atoms with Gasteiger partial charge in [0.15, 0.2) is 0 Å². The van der Waals surface area contributed by atoms with Gasteiger partial charge in [-0.15, -0.1) is 0 Å². The largest absolute Gasteiger partial charge is 0.394 e. The number of aliphatic hydroxyl groups excluding tert-OH is 2. The molecule has 0 unspecified atom stereocenters. The summed E-state index contributed by atoms with van der Waals surface area (Å²) < 4.78 is 27.8. The van der Waals surface area contributed by atoms with Gasteiger partial charge in [-0.25, -0.2) is 4.79 Å². The first kappa shape index (κ1) is 17.7. The summed E-state index contributed by atoms with van der Waals surface area (Å²) in [6.07, 6.45) is -1.90. The van der Waals surface area contributed by atoms with Crippen molar-refractivity contribution >= 4 is 8.25 Å². The van der Waals surface area contributed by atoms with Gasteiger partial charge in [-0.1, -0.05) is 0 Å². The van der Waals surface area contributed by atoms with E-state index < -0.39 is 50.4 Å². The van der Waals surface area contributed by atoms with Crippen molar-refractivity contribution in [2.24, 2.45) is 0 Å². The first-order chi connectivity index (χ1) is 9.76. The predicted octanol–water partition coefficient (Wildman–Crippen LogP) is -2.32. The number of H-pyrrole nitrogens is 1. The van der Waals surface area contributed by atoms with Crippen molar-refractivity contribution in [2.45, 2.75) is 24.9 Å². The first-order valence-electron chi connectivity index (χ1n) is 5.63. The van der Waals surface area contributed by atoms with E-state index in [2.05, 4.69) is 0 Å². The second kappa shape index (κ2) is 7.59. The van der Waals surface area contributed by atoms with E-state index in [0.29, 0.717) is 0 Å². The molecule has 2 rings (SSSR count). The lowest BCUT2D eigenvalue weighted by Gasteiger charge is -2.13. The van der Waals surface area contributed by atoms with E-state index in [1.54, 1.807) is 4.98 Å². The minimum absolute atomic E-state index is 0.0383. The summed E-state index contributed by atoms with van der Waals surface area (Å²) in [4.78, 5) is 38.3. The topological polar surface area (TPSA) is 162 Å². The molecule has 0 radical (unpaired) electrons. The van der Waals surface area contributed by atoms with E-state index in [4.69, 9.17) is 24.2 Å². The fraction of sp³-hybridized carbons (Fsp3) is 0.556. The molecule has 1 aliphatic rings. The van der Waals surface area contributed by atoms with Crippen LogP contribution in [-0.2, 0) is 9.30 Å². The van der Waals surface area contributed by atoms with Crippen LogP contribution in [-0.4, -0.2) is 48.4 Å². The second-order valence-corrected chi connectivity index (χ2v) is 4.61. The molecular weight excluding hydrogens is 314 g/mol. The van der Waals surface area contributed by atoms with Gasteiger partial charge in [-0.3, -0.25) is 18.9 Å². The molecule has 10 nitrogen and oxygen atoms in total. The van der Waals surface area contributed by atoms with Crippen molar-refractivity contribution in [3.63, 3.8) is 0 Å². The zero-order valence-electron chi connectivity index (χ0n) is 10.5. The number of rotatable bonds is 2. The van der Waals surface area contributed by atoms with Crippen molar-refractivity contribution in [3.8, 4) is 0 Å². The predicted molar refractivity (Wildman–Crippen MR) is 66.3 cm³/mol. The third kappa shape index (κ3) is 4.84. The lowest BCUT2D eigenvalue weighted by atomic mass is 10.2. The molecule has 0 bridgehead atoms. The molecule has 12 heteroatoms. The van der Waals surface area contributed by atoms with E-state index in [-0.39, 0.29) is 6.42 Å². The van der Waals surface area contributed by atoms with Crippen LogP contribution >= 0.6 is 8.25 Å². The Morgan fingerprint density at radius 3 is 2.52 bits per heavy atom. The minimum atomic E-state index is -3.13.